The Bertz CT molecular complexity index is 1290. The number of imidazole rings is 1. The van der Waals surface area contributed by atoms with Crippen molar-refractivity contribution < 1.29 is 4.79 Å². The third-order valence-electron chi connectivity index (χ3n) is 6.71. The number of benzene rings is 1. The first kappa shape index (κ1) is 24.2. The number of H-pyrrole nitrogens is 1. The zero-order valence-electron chi connectivity index (χ0n) is 20.0. The van der Waals surface area contributed by atoms with Crippen LogP contribution in [0.2, 0.25) is 5.02 Å². The number of halogens is 1. The zero-order chi connectivity index (χ0) is 24.7. The van der Waals surface area contributed by atoms with Crippen molar-refractivity contribution in [3.63, 3.8) is 0 Å². The van der Waals surface area contributed by atoms with Crippen LogP contribution in [-0.2, 0) is 25.9 Å². The van der Waals surface area contributed by atoms with Gasteiger partial charge in [-0.15, -0.1) is 0 Å². The van der Waals surface area contributed by atoms with E-state index in [0.29, 0.717) is 23.2 Å². The maximum atomic E-state index is 12.5. The van der Waals surface area contributed by atoms with E-state index in [1.54, 1.807) is 18.6 Å². The van der Waals surface area contributed by atoms with Gasteiger partial charge >= 0.3 is 0 Å². The van der Waals surface area contributed by atoms with Gasteiger partial charge in [-0.25, -0.2) is 4.98 Å². The molecule has 1 amide bonds. The number of nitrogens with one attached hydrogen (secondary N) is 2. The molecule has 0 saturated carbocycles. The third-order valence-corrected chi connectivity index (χ3v) is 7.01. The van der Waals surface area contributed by atoms with Gasteiger partial charge in [-0.1, -0.05) is 41.9 Å². The molecule has 0 spiro atoms. The second-order valence-electron chi connectivity index (χ2n) is 9.11. The molecule has 0 radical (unpaired) electrons. The molecular formula is C28H29ClN6O. The second-order valence-corrected chi connectivity index (χ2v) is 9.52. The van der Waals surface area contributed by atoms with E-state index in [1.807, 2.05) is 18.5 Å². The van der Waals surface area contributed by atoms with Gasteiger partial charge in [0.05, 0.1) is 28.6 Å². The first-order valence-electron chi connectivity index (χ1n) is 12.3. The standard InChI is InChI=1S/C28H29ClN6O/c29-25-17-30-13-10-24(25)28(36)33-15-20-6-8-21(9-7-20)18-35(14-11-23-16-31-19-34-23)26-5-1-3-22-4-2-12-32-27(22)26/h2,4,6-10,12-13,16-17,19,26H,1,3,5,11,14-15,18H2,(H,31,34)(H,33,36). The molecule has 5 rings (SSSR count). The summed E-state index contributed by atoms with van der Waals surface area (Å²) in [5.41, 5.74) is 6.40. The fourth-order valence-electron chi connectivity index (χ4n) is 4.80. The number of rotatable bonds is 9. The number of pyridine rings is 2. The maximum absolute atomic E-state index is 12.5. The molecule has 1 aromatic carbocycles. The van der Waals surface area contributed by atoms with Crippen LogP contribution in [-0.4, -0.2) is 37.3 Å². The van der Waals surface area contributed by atoms with Crippen LogP contribution in [0.25, 0.3) is 0 Å². The Balaban J connectivity index is 1.27. The van der Waals surface area contributed by atoms with Gasteiger partial charge in [0.1, 0.15) is 0 Å². The number of aryl methyl sites for hydroxylation is 1. The average molecular weight is 501 g/mol. The highest BCUT2D eigenvalue weighted by molar-refractivity contribution is 6.33. The SMILES string of the molecule is O=C(NCc1ccc(CN(CCc2cnc[nH]2)C2CCCc3cccnc32)cc1)c1ccncc1Cl. The van der Waals surface area contributed by atoms with Gasteiger partial charge in [-0.05, 0) is 48.1 Å². The predicted molar refractivity (Wildman–Crippen MR) is 139 cm³/mol. The summed E-state index contributed by atoms with van der Waals surface area (Å²) in [7, 11) is 0. The Morgan fingerprint density at radius 1 is 1.08 bits per heavy atom. The molecule has 36 heavy (non-hydrogen) atoms. The van der Waals surface area contributed by atoms with E-state index in [4.69, 9.17) is 16.6 Å². The van der Waals surface area contributed by atoms with Crippen molar-refractivity contribution in [1.29, 1.82) is 0 Å². The van der Waals surface area contributed by atoms with E-state index >= 15 is 0 Å². The van der Waals surface area contributed by atoms with Gasteiger partial charge < -0.3 is 10.3 Å². The highest BCUT2D eigenvalue weighted by Crippen LogP contribution is 2.33. The fourth-order valence-corrected chi connectivity index (χ4v) is 5.01. The van der Waals surface area contributed by atoms with E-state index in [1.165, 1.54) is 29.4 Å². The van der Waals surface area contributed by atoms with Crippen LogP contribution in [0, 0.1) is 0 Å². The van der Waals surface area contributed by atoms with E-state index in [2.05, 4.69) is 55.5 Å². The topological polar surface area (TPSA) is 86.8 Å². The fraction of sp³-hybridized carbons (Fsp3) is 0.286. The predicted octanol–water partition coefficient (Wildman–Crippen LogP) is 4.91. The first-order valence-corrected chi connectivity index (χ1v) is 12.7. The Morgan fingerprint density at radius 2 is 1.94 bits per heavy atom. The average Bonchev–Trinajstić information content (AvgIpc) is 3.44. The Labute approximate surface area is 216 Å². The molecule has 1 unspecified atom stereocenters. The molecule has 3 aromatic heterocycles. The van der Waals surface area contributed by atoms with Crippen molar-refractivity contribution in [3.05, 3.63) is 112 Å². The molecule has 2 N–H and O–H groups in total. The lowest BCUT2D eigenvalue weighted by atomic mass is 9.90. The third kappa shape index (κ3) is 5.80. The lowest BCUT2D eigenvalue weighted by Gasteiger charge is -2.35. The minimum absolute atomic E-state index is 0.208. The van der Waals surface area contributed by atoms with Crippen molar-refractivity contribution in [2.45, 2.75) is 44.8 Å². The van der Waals surface area contributed by atoms with Crippen molar-refractivity contribution in [2.75, 3.05) is 6.54 Å². The molecule has 0 bridgehead atoms. The molecule has 184 valence electrons. The first-order chi connectivity index (χ1) is 17.7. The van der Waals surface area contributed by atoms with Crippen molar-refractivity contribution in [1.82, 2.24) is 30.2 Å². The second kappa shape index (κ2) is 11.5. The molecule has 4 aromatic rings. The molecule has 1 atom stereocenters. The van der Waals surface area contributed by atoms with Crippen LogP contribution in [0.3, 0.4) is 0 Å². The molecule has 1 aliphatic rings. The van der Waals surface area contributed by atoms with Gasteiger partial charge in [-0.2, -0.15) is 0 Å². The number of aromatic nitrogens is 4. The van der Waals surface area contributed by atoms with E-state index in [-0.39, 0.29) is 5.91 Å². The number of aromatic amines is 1. The molecule has 3 heterocycles. The number of amides is 1. The van der Waals surface area contributed by atoms with Crippen molar-refractivity contribution >= 4 is 17.5 Å². The highest BCUT2D eigenvalue weighted by Gasteiger charge is 2.27. The van der Waals surface area contributed by atoms with Crippen molar-refractivity contribution in [2.24, 2.45) is 0 Å². The lowest BCUT2D eigenvalue weighted by Crippen LogP contribution is -2.33. The molecular weight excluding hydrogens is 472 g/mol. The van der Waals surface area contributed by atoms with Gasteiger partial charge in [-0.3, -0.25) is 19.7 Å². The Hall–Kier alpha value is -3.55. The summed E-state index contributed by atoms with van der Waals surface area (Å²) in [4.78, 5) is 31.1. The molecule has 0 saturated heterocycles. The number of carbonyl (C=O) groups is 1. The normalized spacial score (nSPS) is 15.0. The van der Waals surface area contributed by atoms with Gasteiger partial charge in [0, 0.05) is 56.5 Å². The summed E-state index contributed by atoms with van der Waals surface area (Å²) in [5.74, 6) is -0.208. The monoisotopic (exact) mass is 500 g/mol. The zero-order valence-corrected chi connectivity index (χ0v) is 20.8. The van der Waals surface area contributed by atoms with Crippen LogP contribution in [0.4, 0.5) is 0 Å². The van der Waals surface area contributed by atoms with E-state index < -0.39 is 0 Å². The van der Waals surface area contributed by atoms with Crippen LogP contribution >= 0.6 is 11.6 Å². The summed E-state index contributed by atoms with van der Waals surface area (Å²) in [6.45, 7) is 2.17. The number of hydrogen-bond acceptors (Lipinski definition) is 5. The number of fused-ring (bicyclic) bond motifs is 1. The number of carbonyl (C=O) groups excluding carboxylic acids is 1. The number of nitrogens with zero attached hydrogens (tertiary/aromatic N) is 4. The maximum Gasteiger partial charge on any atom is 0.253 e. The van der Waals surface area contributed by atoms with Crippen LogP contribution < -0.4 is 5.32 Å². The summed E-state index contributed by atoms with van der Waals surface area (Å²) in [5, 5.41) is 3.28. The summed E-state index contributed by atoms with van der Waals surface area (Å²) >= 11 is 6.09. The summed E-state index contributed by atoms with van der Waals surface area (Å²) in [6.07, 6.45) is 12.9. The lowest BCUT2D eigenvalue weighted by molar-refractivity contribution is 0.0951. The minimum Gasteiger partial charge on any atom is -0.348 e. The smallest absolute Gasteiger partial charge is 0.253 e. The van der Waals surface area contributed by atoms with E-state index in [9.17, 15) is 4.79 Å². The molecule has 7 nitrogen and oxygen atoms in total. The van der Waals surface area contributed by atoms with Gasteiger partial charge in [0.25, 0.3) is 5.91 Å². The van der Waals surface area contributed by atoms with E-state index in [0.717, 1.165) is 43.6 Å². The van der Waals surface area contributed by atoms with Crippen molar-refractivity contribution in [3.8, 4) is 0 Å². The summed E-state index contributed by atoms with van der Waals surface area (Å²) in [6, 6.07) is 14.6. The molecule has 1 aliphatic carbocycles. The molecule has 8 heteroatoms. The highest BCUT2D eigenvalue weighted by atomic mass is 35.5. The largest absolute Gasteiger partial charge is 0.348 e. The quantitative estimate of drug-likeness (QED) is 0.341. The minimum atomic E-state index is -0.208. The Morgan fingerprint density at radius 3 is 2.75 bits per heavy atom. The van der Waals surface area contributed by atoms with Crippen LogP contribution in [0.5, 0.6) is 0 Å². The number of hydrogen-bond donors (Lipinski definition) is 2. The summed E-state index contributed by atoms with van der Waals surface area (Å²) < 4.78 is 0. The molecule has 0 aliphatic heterocycles. The van der Waals surface area contributed by atoms with Crippen LogP contribution in [0.15, 0.2) is 73.6 Å². The van der Waals surface area contributed by atoms with Crippen LogP contribution in [0.1, 0.15) is 57.3 Å². The molecule has 0 fully saturated rings. The van der Waals surface area contributed by atoms with Gasteiger partial charge in [0.15, 0.2) is 0 Å². The van der Waals surface area contributed by atoms with Gasteiger partial charge in [0.2, 0.25) is 0 Å². The Kier molecular flexibility index (Phi) is 7.69.